The zero-order valence-corrected chi connectivity index (χ0v) is 11.5. The van der Waals surface area contributed by atoms with Crippen LogP contribution in [0.15, 0.2) is 24.3 Å². The smallest absolute Gasteiger partial charge is 0.234 e. The molecule has 0 spiro atoms. The summed E-state index contributed by atoms with van der Waals surface area (Å²) in [6.07, 6.45) is 0.449. The lowest BCUT2D eigenvalue weighted by molar-refractivity contribution is 0.415. The molecule has 0 bridgehead atoms. The van der Waals surface area contributed by atoms with E-state index in [1.54, 1.807) is 31.4 Å². The number of methoxy groups -OCH3 is 1. The van der Waals surface area contributed by atoms with Gasteiger partial charge in [-0.3, -0.25) is 4.31 Å². The minimum absolute atomic E-state index is 0.0546. The number of ether oxygens (including phenoxy) is 1. The van der Waals surface area contributed by atoms with Gasteiger partial charge in [0.2, 0.25) is 10.0 Å². The van der Waals surface area contributed by atoms with Gasteiger partial charge in [-0.15, -0.1) is 11.6 Å². The highest BCUT2D eigenvalue weighted by Gasteiger charge is 2.17. The molecule has 0 unspecified atom stereocenters. The second-order valence-electron chi connectivity index (χ2n) is 3.52. The lowest BCUT2D eigenvalue weighted by Crippen LogP contribution is -2.29. The Morgan fingerprint density at radius 1 is 1.29 bits per heavy atom. The van der Waals surface area contributed by atoms with Crippen LogP contribution in [-0.4, -0.2) is 34.2 Å². The number of benzene rings is 1. The molecule has 0 fully saturated rings. The predicted octanol–water partition coefficient (Wildman–Crippen LogP) is 2.09. The molecule has 0 aliphatic rings. The normalized spacial score (nSPS) is 11.2. The second-order valence-corrected chi connectivity index (χ2v) is 6.02. The Balaban J connectivity index is 2.84. The Bertz CT molecular complexity index is 444. The molecule has 0 saturated heterocycles. The molecule has 0 aliphatic heterocycles. The summed E-state index contributed by atoms with van der Waals surface area (Å²) in [6.45, 7) is 0. The fourth-order valence-electron chi connectivity index (χ4n) is 1.33. The summed E-state index contributed by atoms with van der Waals surface area (Å²) in [5, 5.41) is 0. The molecule has 6 heteroatoms. The molecule has 0 aromatic heterocycles. The first kappa shape index (κ1) is 14.1. The van der Waals surface area contributed by atoms with Gasteiger partial charge in [-0.2, -0.15) is 0 Å². The van der Waals surface area contributed by atoms with Crippen molar-refractivity contribution in [3.05, 3.63) is 24.3 Å². The van der Waals surface area contributed by atoms with E-state index in [4.69, 9.17) is 16.3 Å². The van der Waals surface area contributed by atoms with Crippen LogP contribution in [0.3, 0.4) is 0 Å². The molecule has 0 N–H and O–H groups in total. The van der Waals surface area contributed by atoms with Crippen LogP contribution in [0, 0.1) is 0 Å². The Hall–Kier alpha value is -0.940. The molecule has 0 saturated carbocycles. The molecule has 4 nitrogen and oxygen atoms in total. The highest BCUT2D eigenvalue weighted by molar-refractivity contribution is 7.92. The van der Waals surface area contributed by atoms with Crippen LogP contribution in [0.4, 0.5) is 5.69 Å². The maximum absolute atomic E-state index is 11.9. The summed E-state index contributed by atoms with van der Waals surface area (Å²) in [5.74, 6) is 1.09. The van der Waals surface area contributed by atoms with Crippen LogP contribution in [0.2, 0.25) is 0 Å². The molecule has 0 aliphatic carbocycles. The van der Waals surface area contributed by atoms with E-state index in [0.29, 0.717) is 23.7 Å². The Kier molecular flexibility index (Phi) is 5.08. The van der Waals surface area contributed by atoms with Crippen LogP contribution in [0.5, 0.6) is 5.75 Å². The van der Waals surface area contributed by atoms with E-state index >= 15 is 0 Å². The predicted molar refractivity (Wildman–Crippen MR) is 70.5 cm³/mol. The number of hydrogen-bond donors (Lipinski definition) is 0. The molecule has 1 aromatic carbocycles. The topological polar surface area (TPSA) is 46.6 Å². The first-order valence-electron chi connectivity index (χ1n) is 5.18. The monoisotopic (exact) mass is 277 g/mol. The molecule has 0 atom stereocenters. The number of halogens is 1. The number of alkyl halides is 1. The third-order valence-electron chi connectivity index (χ3n) is 2.39. The second kappa shape index (κ2) is 6.12. The van der Waals surface area contributed by atoms with Crippen molar-refractivity contribution < 1.29 is 13.2 Å². The third kappa shape index (κ3) is 3.78. The Morgan fingerprint density at radius 2 is 1.88 bits per heavy atom. The van der Waals surface area contributed by atoms with Gasteiger partial charge in [0, 0.05) is 12.9 Å². The van der Waals surface area contributed by atoms with Gasteiger partial charge in [0.05, 0.1) is 18.6 Å². The van der Waals surface area contributed by atoms with Crippen molar-refractivity contribution in [1.29, 1.82) is 0 Å². The SMILES string of the molecule is COc1ccc(N(C)S(=O)(=O)CCCCl)cc1. The van der Waals surface area contributed by atoms with Crippen LogP contribution >= 0.6 is 11.6 Å². The van der Waals surface area contributed by atoms with Crippen molar-refractivity contribution in [2.75, 3.05) is 30.1 Å². The van der Waals surface area contributed by atoms with Gasteiger partial charge in [-0.25, -0.2) is 8.42 Å². The van der Waals surface area contributed by atoms with Crippen LogP contribution in [0.1, 0.15) is 6.42 Å². The van der Waals surface area contributed by atoms with E-state index in [2.05, 4.69) is 0 Å². The average molecular weight is 278 g/mol. The molecule has 1 aromatic rings. The maximum Gasteiger partial charge on any atom is 0.234 e. The summed E-state index contributed by atoms with van der Waals surface area (Å²) in [4.78, 5) is 0. The summed E-state index contributed by atoms with van der Waals surface area (Å²) in [5.41, 5.74) is 0.611. The van der Waals surface area contributed by atoms with E-state index in [1.807, 2.05) is 0 Å². The van der Waals surface area contributed by atoms with Crippen molar-refractivity contribution >= 4 is 27.3 Å². The van der Waals surface area contributed by atoms with E-state index in [-0.39, 0.29) is 5.75 Å². The van der Waals surface area contributed by atoms with Gasteiger partial charge in [-0.1, -0.05) is 0 Å². The van der Waals surface area contributed by atoms with Crippen LogP contribution in [-0.2, 0) is 10.0 Å². The first-order chi connectivity index (χ1) is 8.01. The van der Waals surface area contributed by atoms with Crippen LogP contribution < -0.4 is 9.04 Å². The zero-order valence-electron chi connectivity index (χ0n) is 9.89. The molecular formula is C11H16ClNO3S. The average Bonchev–Trinajstić information content (AvgIpc) is 2.35. The molecule has 0 heterocycles. The zero-order chi connectivity index (χ0) is 12.9. The maximum atomic E-state index is 11.9. The Labute approximate surface area is 107 Å². The van der Waals surface area contributed by atoms with Crippen molar-refractivity contribution in [2.24, 2.45) is 0 Å². The number of anilines is 1. The molecule has 17 heavy (non-hydrogen) atoms. The van der Waals surface area contributed by atoms with Gasteiger partial charge < -0.3 is 4.74 Å². The van der Waals surface area contributed by atoms with Crippen molar-refractivity contribution in [3.63, 3.8) is 0 Å². The molecule has 1 rings (SSSR count). The lowest BCUT2D eigenvalue weighted by Gasteiger charge is -2.19. The van der Waals surface area contributed by atoms with E-state index in [1.165, 1.54) is 11.4 Å². The van der Waals surface area contributed by atoms with Crippen molar-refractivity contribution in [3.8, 4) is 5.75 Å². The quantitative estimate of drug-likeness (QED) is 0.748. The number of sulfonamides is 1. The summed E-state index contributed by atoms with van der Waals surface area (Å²) >= 11 is 5.50. The molecule has 0 amide bonds. The number of rotatable bonds is 6. The van der Waals surface area contributed by atoms with Gasteiger partial charge in [-0.05, 0) is 30.7 Å². The highest BCUT2D eigenvalue weighted by atomic mass is 35.5. The van der Waals surface area contributed by atoms with Gasteiger partial charge in [0.15, 0.2) is 0 Å². The summed E-state index contributed by atoms with van der Waals surface area (Å²) in [7, 11) is -0.188. The van der Waals surface area contributed by atoms with Crippen molar-refractivity contribution in [2.45, 2.75) is 6.42 Å². The van der Waals surface area contributed by atoms with Gasteiger partial charge in [0.25, 0.3) is 0 Å². The summed E-state index contributed by atoms with van der Waals surface area (Å²) < 4.78 is 30.0. The van der Waals surface area contributed by atoms with E-state index in [9.17, 15) is 8.42 Å². The van der Waals surface area contributed by atoms with Crippen LogP contribution in [0.25, 0.3) is 0 Å². The first-order valence-corrected chi connectivity index (χ1v) is 7.32. The highest BCUT2D eigenvalue weighted by Crippen LogP contribution is 2.20. The molecule has 96 valence electrons. The summed E-state index contributed by atoms with van der Waals surface area (Å²) in [6, 6.07) is 6.86. The van der Waals surface area contributed by atoms with E-state index in [0.717, 1.165) is 0 Å². The lowest BCUT2D eigenvalue weighted by atomic mass is 10.3. The van der Waals surface area contributed by atoms with Gasteiger partial charge >= 0.3 is 0 Å². The van der Waals surface area contributed by atoms with Gasteiger partial charge in [0.1, 0.15) is 5.75 Å². The standard InChI is InChI=1S/C11H16ClNO3S/c1-13(17(14,15)9-3-8-12)10-4-6-11(16-2)7-5-10/h4-7H,3,8-9H2,1-2H3. The fraction of sp³-hybridized carbons (Fsp3) is 0.455. The third-order valence-corrected chi connectivity index (χ3v) is 4.51. The molecular weight excluding hydrogens is 262 g/mol. The number of hydrogen-bond acceptors (Lipinski definition) is 3. The largest absolute Gasteiger partial charge is 0.497 e. The molecule has 0 radical (unpaired) electrons. The number of nitrogens with zero attached hydrogens (tertiary/aromatic N) is 1. The fourth-order valence-corrected chi connectivity index (χ4v) is 2.84. The minimum atomic E-state index is -3.29. The Morgan fingerprint density at radius 3 is 2.35 bits per heavy atom. The van der Waals surface area contributed by atoms with E-state index < -0.39 is 10.0 Å². The minimum Gasteiger partial charge on any atom is -0.497 e. The van der Waals surface area contributed by atoms with Crippen molar-refractivity contribution in [1.82, 2.24) is 0 Å².